The maximum absolute atomic E-state index is 13.3. The molecule has 1 aromatic carbocycles. The Morgan fingerprint density at radius 1 is 1.40 bits per heavy atom. The summed E-state index contributed by atoms with van der Waals surface area (Å²) >= 11 is 0. The van der Waals surface area contributed by atoms with E-state index >= 15 is 0 Å². The molecule has 0 bridgehead atoms. The molecular weight excluding hydrogens is 197 g/mol. The van der Waals surface area contributed by atoms with Crippen LogP contribution in [-0.2, 0) is 4.79 Å². The van der Waals surface area contributed by atoms with Crippen LogP contribution in [-0.4, -0.2) is 12.2 Å². The van der Waals surface area contributed by atoms with E-state index in [0.717, 1.165) is 0 Å². The van der Waals surface area contributed by atoms with Gasteiger partial charge in [0, 0.05) is 18.2 Å². The fraction of sp³-hybridized carbons (Fsp3) is 0.273. The van der Waals surface area contributed by atoms with Crippen LogP contribution in [0.2, 0.25) is 0 Å². The molecule has 0 aromatic heterocycles. The molecule has 1 aromatic rings. The summed E-state index contributed by atoms with van der Waals surface area (Å²) in [4.78, 5) is 21.6. The second-order valence-electron chi connectivity index (χ2n) is 3.37. The molecule has 1 amide bonds. The van der Waals surface area contributed by atoms with Crippen molar-refractivity contribution in [2.24, 2.45) is 0 Å². The van der Waals surface area contributed by atoms with Crippen molar-refractivity contribution < 1.29 is 14.0 Å². The van der Waals surface area contributed by atoms with Gasteiger partial charge < -0.3 is 5.32 Å². The Kier molecular flexibility index (Phi) is 3.19. The number of hydrogen-bond donors (Lipinski definition) is 1. The molecule has 1 rings (SSSR count). The molecule has 80 valence electrons. The van der Waals surface area contributed by atoms with Gasteiger partial charge in [-0.2, -0.15) is 0 Å². The van der Waals surface area contributed by atoms with Gasteiger partial charge >= 0.3 is 0 Å². The number of hydrogen-bond acceptors (Lipinski definition) is 2. The summed E-state index contributed by atoms with van der Waals surface area (Å²) in [6.45, 7) is 4.53. The Labute approximate surface area is 87.3 Å². The molecule has 0 radical (unpaired) electrons. The van der Waals surface area contributed by atoms with E-state index in [9.17, 15) is 14.0 Å². The minimum Gasteiger partial charge on any atom is -0.326 e. The molecular formula is C11H12FNO2. The smallest absolute Gasteiger partial charge is 0.221 e. The van der Waals surface area contributed by atoms with Crippen molar-refractivity contribution in [3.8, 4) is 0 Å². The predicted octanol–water partition coefficient (Wildman–Crippen LogP) is 2.21. The Hall–Kier alpha value is -1.71. The Morgan fingerprint density at radius 3 is 2.47 bits per heavy atom. The van der Waals surface area contributed by atoms with E-state index in [0.29, 0.717) is 28.7 Å². The lowest BCUT2D eigenvalue weighted by molar-refractivity contribution is -0.114. The van der Waals surface area contributed by atoms with Gasteiger partial charge in [-0.25, -0.2) is 4.39 Å². The third-order valence-corrected chi connectivity index (χ3v) is 2.27. The van der Waals surface area contributed by atoms with E-state index in [1.807, 2.05) is 0 Å². The average molecular weight is 209 g/mol. The lowest BCUT2D eigenvalue weighted by atomic mass is 10.0. The van der Waals surface area contributed by atoms with Crippen molar-refractivity contribution in [3.63, 3.8) is 0 Å². The standard InChI is InChI=1S/C11H12FNO2/c1-6-9(5-14)7(2)11(4-10(6)12)13-8(3)15/h4-5H,1-3H3,(H,13,15). The third-order valence-electron chi connectivity index (χ3n) is 2.27. The molecule has 0 aliphatic heterocycles. The predicted molar refractivity (Wildman–Crippen MR) is 55.6 cm³/mol. The second-order valence-corrected chi connectivity index (χ2v) is 3.37. The zero-order valence-electron chi connectivity index (χ0n) is 8.85. The van der Waals surface area contributed by atoms with E-state index < -0.39 is 5.82 Å². The zero-order valence-corrected chi connectivity index (χ0v) is 8.85. The fourth-order valence-corrected chi connectivity index (χ4v) is 1.39. The van der Waals surface area contributed by atoms with Crippen molar-refractivity contribution in [2.45, 2.75) is 20.8 Å². The van der Waals surface area contributed by atoms with Crippen molar-refractivity contribution in [1.82, 2.24) is 0 Å². The molecule has 0 heterocycles. The van der Waals surface area contributed by atoms with Gasteiger partial charge in [-0.05, 0) is 31.0 Å². The monoisotopic (exact) mass is 209 g/mol. The number of aldehydes is 1. The summed E-state index contributed by atoms with van der Waals surface area (Å²) in [6, 6.07) is 1.22. The van der Waals surface area contributed by atoms with Gasteiger partial charge in [-0.3, -0.25) is 9.59 Å². The van der Waals surface area contributed by atoms with Crippen LogP contribution in [0.5, 0.6) is 0 Å². The van der Waals surface area contributed by atoms with Crippen LogP contribution >= 0.6 is 0 Å². The molecule has 3 nitrogen and oxygen atoms in total. The molecule has 4 heteroatoms. The van der Waals surface area contributed by atoms with Gasteiger partial charge in [0.05, 0.1) is 0 Å². The van der Waals surface area contributed by atoms with Gasteiger partial charge in [-0.15, -0.1) is 0 Å². The van der Waals surface area contributed by atoms with Crippen molar-refractivity contribution >= 4 is 17.9 Å². The molecule has 0 atom stereocenters. The summed E-state index contributed by atoms with van der Waals surface area (Å²) in [6.07, 6.45) is 0.596. The Bertz CT molecular complexity index is 427. The summed E-state index contributed by atoms with van der Waals surface area (Å²) in [5, 5.41) is 2.48. The second kappa shape index (κ2) is 4.21. The SMILES string of the molecule is CC(=O)Nc1cc(F)c(C)c(C=O)c1C. The lowest BCUT2D eigenvalue weighted by Crippen LogP contribution is -2.09. The van der Waals surface area contributed by atoms with Crippen molar-refractivity contribution in [1.29, 1.82) is 0 Å². The van der Waals surface area contributed by atoms with Gasteiger partial charge in [0.1, 0.15) is 5.82 Å². The van der Waals surface area contributed by atoms with Gasteiger partial charge in [0.15, 0.2) is 6.29 Å². The van der Waals surface area contributed by atoms with Crippen molar-refractivity contribution in [3.05, 3.63) is 28.6 Å². The first-order chi connectivity index (χ1) is 6.97. The molecule has 0 spiro atoms. The maximum atomic E-state index is 13.3. The van der Waals surface area contributed by atoms with Crippen LogP contribution < -0.4 is 5.32 Å². The number of benzene rings is 1. The van der Waals surface area contributed by atoms with E-state index in [2.05, 4.69) is 5.32 Å². The normalized spacial score (nSPS) is 9.87. The van der Waals surface area contributed by atoms with E-state index in [1.165, 1.54) is 19.9 Å². The van der Waals surface area contributed by atoms with Crippen LogP contribution in [0.15, 0.2) is 6.07 Å². The van der Waals surface area contributed by atoms with Crippen LogP contribution in [0.1, 0.15) is 28.4 Å². The largest absolute Gasteiger partial charge is 0.326 e. The minimum atomic E-state index is -0.494. The van der Waals surface area contributed by atoms with Crippen LogP contribution in [0, 0.1) is 19.7 Å². The topological polar surface area (TPSA) is 46.2 Å². The highest BCUT2D eigenvalue weighted by Gasteiger charge is 2.12. The molecule has 0 aliphatic rings. The summed E-state index contributed by atoms with van der Waals surface area (Å²) in [7, 11) is 0. The number of carbonyl (C=O) groups is 2. The van der Waals surface area contributed by atoms with Gasteiger partial charge in [0.2, 0.25) is 5.91 Å². The number of anilines is 1. The minimum absolute atomic E-state index is 0.291. The number of amides is 1. The number of halogens is 1. The highest BCUT2D eigenvalue weighted by molar-refractivity contribution is 5.92. The van der Waals surface area contributed by atoms with Crippen LogP contribution in [0.4, 0.5) is 10.1 Å². The quantitative estimate of drug-likeness (QED) is 0.759. The molecule has 15 heavy (non-hydrogen) atoms. The molecule has 0 aliphatic carbocycles. The highest BCUT2D eigenvalue weighted by Crippen LogP contribution is 2.23. The number of rotatable bonds is 2. The van der Waals surface area contributed by atoms with E-state index in [-0.39, 0.29) is 5.91 Å². The first kappa shape index (κ1) is 11.4. The highest BCUT2D eigenvalue weighted by atomic mass is 19.1. The van der Waals surface area contributed by atoms with E-state index in [4.69, 9.17) is 0 Å². The fourth-order valence-electron chi connectivity index (χ4n) is 1.39. The average Bonchev–Trinajstić information content (AvgIpc) is 2.14. The lowest BCUT2D eigenvalue weighted by Gasteiger charge is -2.11. The van der Waals surface area contributed by atoms with Crippen LogP contribution in [0.3, 0.4) is 0 Å². The Balaban J connectivity index is 3.36. The van der Waals surface area contributed by atoms with Gasteiger partial charge in [0.25, 0.3) is 0 Å². The van der Waals surface area contributed by atoms with Gasteiger partial charge in [-0.1, -0.05) is 0 Å². The molecule has 0 unspecified atom stereocenters. The van der Waals surface area contributed by atoms with Crippen LogP contribution in [0.25, 0.3) is 0 Å². The Morgan fingerprint density at radius 2 is 2.00 bits per heavy atom. The summed E-state index contributed by atoms with van der Waals surface area (Å²) in [5.74, 6) is -0.787. The molecule has 0 fully saturated rings. The number of carbonyl (C=O) groups excluding carboxylic acids is 2. The summed E-state index contributed by atoms with van der Waals surface area (Å²) in [5.41, 5.74) is 1.52. The zero-order chi connectivity index (χ0) is 11.6. The molecule has 1 N–H and O–H groups in total. The first-order valence-corrected chi connectivity index (χ1v) is 4.49. The molecule has 0 saturated heterocycles. The van der Waals surface area contributed by atoms with E-state index in [1.54, 1.807) is 6.92 Å². The maximum Gasteiger partial charge on any atom is 0.221 e. The molecule has 0 saturated carbocycles. The first-order valence-electron chi connectivity index (χ1n) is 4.49. The number of nitrogens with one attached hydrogen (secondary N) is 1. The third kappa shape index (κ3) is 2.21. The summed E-state index contributed by atoms with van der Waals surface area (Å²) < 4.78 is 13.3. The van der Waals surface area contributed by atoms with Crippen molar-refractivity contribution in [2.75, 3.05) is 5.32 Å².